The Bertz CT molecular complexity index is 1020. The summed E-state index contributed by atoms with van der Waals surface area (Å²) in [7, 11) is -2.17. The molecule has 0 atom stereocenters. The minimum Gasteiger partial charge on any atom is -0.497 e. The van der Waals surface area contributed by atoms with Gasteiger partial charge in [0.15, 0.2) is 0 Å². The highest BCUT2D eigenvalue weighted by Gasteiger charge is 2.17. The van der Waals surface area contributed by atoms with Crippen LogP contribution < -0.4 is 9.46 Å². The van der Waals surface area contributed by atoms with Crippen LogP contribution >= 0.6 is 0 Å². The summed E-state index contributed by atoms with van der Waals surface area (Å²) in [6.07, 6.45) is 0. The highest BCUT2D eigenvalue weighted by Crippen LogP contribution is 2.31. The Labute approximate surface area is 152 Å². The number of nitrogens with zero attached hydrogens (tertiary/aromatic N) is 1. The van der Waals surface area contributed by atoms with Crippen LogP contribution in [0.15, 0.2) is 51.9 Å². The number of nitrogens with one attached hydrogen (secondary N) is 1. The van der Waals surface area contributed by atoms with Crippen molar-refractivity contribution in [3.05, 3.63) is 59.5 Å². The zero-order chi connectivity index (χ0) is 18.9. The number of benzene rings is 2. The molecule has 0 radical (unpaired) electrons. The van der Waals surface area contributed by atoms with E-state index in [0.717, 1.165) is 22.4 Å². The predicted molar refractivity (Wildman–Crippen MR) is 100.0 cm³/mol. The molecule has 0 fully saturated rings. The van der Waals surface area contributed by atoms with Crippen molar-refractivity contribution in [2.75, 3.05) is 11.8 Å². The maximum Gasteiger partial charge on any atom is 0.261 e. The van der Waals surface area contributed by atoms with Gasteiger partial charge in [-0.2, -0.15) is 0 Å². The van der Waals surface area contributed by atoms with Gasteiger partial charge in [0.1, 0.15) is 11.5 Å². The van der Waals surface area contributed by atoms with Crippen LogP contribution in [0.4, 0.5) is 5.69 Å². The maximum absolute atomic E-state index is 12.7. The van der Waals surface area contributed by atoms with E-state index in [9.17, 15) is 8.42 Å². The fraction of sp³-hybridized carbons (Fsp3) is 0.211. The van der Waals surface area contributed by atoms with E-state index in [1.54, 1.807) is 24.3 Å². The predicted octanol–water partition coefficient (Wildman–Crippen LogP) is 4.08. The molecule has 0 aliphatic rings. The Morgan fingerprint density at radius 1 is 1.04 bits per heavy atom. The second-order valence-corrected chi connectivity index (χ2v) is 7.75. The zero-order valence-electron chi connectivity index (χ0n) is 15.0. The molecule has 1 heterocycles. The molecule has 136 valence electrons. The molecule has 3 rings (SSSR count). The van der Waals surface area contributed by atoms with Crippen LogP contribution in [0, 0.1) is 20.8 Å². The van der Waals surface area contributed by atoms with Crippen LogP contribution in [0.3, 0.4) is 0 Å². The van der Waals surface area contributed by atoms with Gasteiger partial charge < -0.3 is 9.26 Å². The first-order valence-electron chi connectivity index (χ1n) is 8.02. The summed E-state index contributed by atoms with van der Waals surface area (Å²) in [6.45, 7) is 5.60. The van der Waals surface area contributed by atoms with Crippen molar-refractivity contribution in [3.8, 4) is 16.9 Å². The number of ether oxygens (including phenoxy) is 1. The van der Waals surface area contributed by atoms with Crippen LogP contribution in [0.1, 0.15) is 17.0 Å². The number of aromatic nitrogens is 1. The summed E-state index contributed by atoms with van der Waals surface area (Å²) >= 11 is 0. The molecule has 0 unspecified atom stereocenters. The molecule has 1 N–H and O–H groups in total. The Balaban J connectivity index is 1.97. The quantitative estimate of drug-likeness (QED) is 0.730. The molecule has 3 aromatic rings. The van der Waals surface area contributed by atoms with Crippen LogP contribution in [0.5, 0.6) is 5.75 Å². The van der Waals surface area contributed by atoms with E-state index in [1.165, 1.54) is 19.2 Å². The van der Waals surface area contributed by atoms with Gasteiger partial charge in [-0.25, -0.2) is 8.42 Å². The molecule has 6 nitrogen and oxygen atoms in total. The largest absolute Gasteiger partial charge is 0.497 e. The average molecular weight is 372 g/mol. The van der Waals surface area contributed by atoms with Crippen LogP contribution in [0.25, 0.3) is 11.1 Å². The molecule has 26 heavy (non-hydrogen) atoms. The first-order valence-corrected chi connectivity index (χ1v) is 9.50. The number of rotatable bonds is 5. The van der Waals surface area contributed by atoms with Gasteiger partial charge in [0.25, 0.3) is 10.0 Å². The van der Waals surface area contributed by atoms with Gasteiger partial charge in [0.05, 0.1) is 17.7 Å². The number of methoxy groups -OCH3 is 1. The first-order chi connectivity index (χ1) is 12.3. The summed E-state index contributed by atoms with van der Waals surface area (Å²) in [5.74, 6) is 1.29. The van der Waals surface area contributed by atoms with Crippen molar-refractivity contribution in [1.82, 2.24) is 5.16 Å². The van der Waals surface area contributed by atoms with E-state index in [-0.39, 0.29) is 4.90 Å². The van der Waals surface area contributed by atoms with Gasteiger partial charge in [-0.15, -0.1) is 0 Å². The van der Waals surface area contributed by atoms with Crippen molar-refractivity contribution in [1.29, 1.82) is 0 Å². The van der Waals surface area contributed by atoms with E-state index in [2.05, 4.69) is 9.88 Å². The van der Waals surface area contributed by atoms with Crippen LogP contribution in [-0.4, -0.2) is 20.7 Å². The normalized spacial score (nSPS) is 11.4. The maximum atomic E-state index is 12.7. The molecule has 0 amide bonds. The number of aryl methyl sites for hydroxylation is 3. The summed E-state index contributed by atoms with van der Waals surface area (Å²) < 4.78 is 38.2. The zero-order valence-corrected chi connectivity index (χ0v) is 15.8. The van der Waals surface area contributed by atoms with Crippen molar-refractivity contribution in [2.24, 2.45) is 0 Å². The fourth-order valence-corrected chi connectivity index (χ4v) is 3.89. The van der Waals surface area contributed by atoms with Gasteiger partial charge >= 0.3 is 0 Å². The summed E-state index contributed by atoms with van der Waals surface area (Å²) in [6, 6.07) is 11.8. The highest BCUT2D eigenvalue weighted by molar-refractivity contribution is 7.92. The van der Waals surface area contributed by atoms with Crippen molar-refractivity contribution in [3.63, 3.8) is 0 Å². The lowest BCUT2D eigenvalue weighted by atomic mass is 10.0. The van der Waals surface area contributed by atoms with Crippen molar-refractivity contribution < 1.29 is 17.7 Å². The van der Waals surface area contributed by atoms with Crippen LogP contribution in [0.2, 0.25) is 0 Å². The third-order valence-electron chi connectivity index (χ3n) is 4.02. The van der Waals surface area contributed by atoms with Gasteiger partial charge in [0.2, 0.25) is 0 Å². The molecule has 0 aliphatic carbocycles. The minimum absolute atomic E-state index is 0.165. The molecular weight excluding hydrogens is 352 g/mol. The lowest BCUT2D eigenvalue weighted by Crippen LogP contribution is -2.13. The molecule has 7 heteroatoms. The molecule has 1 aromatic heterocycles. The molecule has 2 aromatic carbocycles. The van der Waals surface area contributed by atoms with Gasteiger partial charge in [-0.3, -0.25) is 4.72 Å². The number of sulfonamides is 1. The average Bonchev–Trinajstić information content (AvgIpc) is 2.92. The smallest absolute Gasteiger partial charge is 0.261 e. The molecule has 0 aliphatic heterocycles. The highest BCUT2D eigenvalue weighted by atomic mass is 32.2. The van der Waals surface area contributed by atoms with E-state index in [4.69, 9.17) is 9.26 Å². The Morgan fingerprint density at radius 2 is 1.73 bits per heavy atom. The van der Waals surface area contributed by atoms with Gasteiger partial charge in [-0.05, 0) is 68.3 Å². The van der Waals surface area contributed by atoms with E-state index >= 15 is 0 Å². The SMILES string of the molecule is COc1ccc(S(=O)(=O)Nc2cc(C)cc(-c3c(C)noc3C)c2)cc1. The van der Waals surface area contributed by atoms with E-state index < -0.39 is 10.0 Å². The Morgan fingerprint density at radius 3 is 2.31 bits per heavy atom. The molecule has 0 saturated heterocycles. The van der Waals surface area contributed by atoms with Crippen LogP contribution in [-0.2, 0) is 10.0 Å². The topological polar surface area (TPSA) is 81.4 Å². The van der Waals surface area contributed by atoms with E-state index in [1.807, 2.05) is 26.8 Å². The molecular formula is C19H20N2O4S. The number of anilines is 1. The molecule has 0 spiro atoms. The minimum atomic E-state index is -3.71. The monoisotopic (exact) mass is 372 g/mol. The van der Waals surface area contributed by atoms with Crippen molar-refractivity contribution >= 4 is 15.7 Å². The number of hydrogen-bond acceptors (Lipinski definition) is 5. The third kappa shape index (κ3) is 3.57. The lowest BCUT2D eigenvalue weighted by molar-refractivity contribution is 0.393. The number of hydrogen-bond donors (Lipinski definition) is 1. The Kier molecular flexibility index (Phi) is 4.73. The van der Waals surface area contributed by atoms with Gasteiger partial charge in [-0.1, -0.05) is 11.2 Å². The summed E-state index contributed by atoms with van der Waals surface area (Å²) in [5.41, 5.74) is 3.90. The molecule has 0 saturated carbocycles. The second-order valence-electron chi connectivity index (χ2n) is 6.07. The standard InChI is InChI=1S/C19H20N2O4S/c1-12-9-15(19-13(2)20-25-14(19)3)11-16(10-12)21-26(22,23)18-7-5-17(24-4)6-8-18/h5-11,21H,1-4H3. The van der Waals surface area contributed by atoms with Crippen molar-refractivity contribution in [2.45, 2.75) is 25.7 Å². The molecule has 0 bridgehead atoms. The summed E-state index contributed by atoms with van der Waals surface area (Å²) in [4.78, 5) is 0.165. The fourth-order valence-electron chi connectivity index (χ4n) is 2.85. The van der Waals surface area contributed by atoms with E-state index in [0.29, 0.717) is 17.2 Å². The second kappa shape index (κ2) is 6.84. The summed E-state index contributed by atoms with van der Waals surface area (Å²) in [5, 5.41) is 3.96. The Hall–Kier alpha value is -2.80. The van der Waals surface area contributed by atoms with Gasteiger partial charge in [0, 0.05) is 11.3 Å². The lowest BCUT2D eigenvalue weighted by Gasteiger charge is -2.11. The first kappa shape index (κ1) is 18.0. The third-order valence-corrected chi connectivity index (χ3v) is 5.42.